The third kappa shape index (κ3) is 4.36. The lowest BCUT2D eigenvalue weighted by Crippen LogP contribution is -2.32. The first kappa shape index (κ1) is 18.7. The highest BCUT2D eigenvalue weighted by Gasteiger charge is 2.25. The van der Waals surface area contributed by atoms with Crippen molar-refractivity contribution in [2.24, 2.45) is 0 Å². The van der Waals surface area contributed by atoms with Crippen LogP contribution in [0, 0.1) is 0 Å². The summed E-state index contributed by atoms with van der Waals surface area (Å²) in [5.74, 6) is -0.0852. The van der Waals surface area contributed by atoms with Crippen LogP contribution in [-0.2, 0) is 14.8 Å². The van der Waals surface area contributed by atoms with Gasteiger partial charge in [-0.2, -0.15) is 0 Å². The molecule has 0 bridgehead atoms. The van der Waals surface area contributed by atoms with Gasteiger partial charge in [-0.25, -0.2) is 13.1 Å². The van der Waals surface area contributed by atoms with E-state index in [4.69, 9.17) is 4.74 Å². The molecule has 25 heavy (non-hydrogen) atoms. The molecular weight excluding hydrogens is 360 g/mol. The summed E-state index contributed by atoms with van der Waals surface area (Å²) >= 11 is 1.45. The second kappa shape index (κ2) is 8.07. The Morgan fingerprint density at radius 3 is 2.72 bits per heavy atom. The molecule has 1 amide bonds. The van der Waals surface area contributed by atoms with Crippen LogP contribution in [0.25, 0.3) is 0 Å². The van der Waals surface area contributed by atoms with Gasteiger partial charge in [0.1, 0.15) is 0 Å². The molecule has 2 fully saturated rings. The lowest BCUT2D eigenvalue weighted by molar-refractivity contribution is 0.0789. The van der Waals surface area contributed by atoms with Crippen LogP contribution in [0.3, 0.4) is 0 Å². The van der Waals surface area contributed by atoms with Gasteiger partial charge in [0.2, 0.25) is 10.0 Å². The standard InChI is InChI=1S/C17H24N2O4S2/c1-24-16-7-6-14(11-15(16)17(20)19-8-2-3-9-19)25(21,22)18-12-13-5-4-10-23-13/h6-7,11,13,18H,2-5,8-10,12H2,1H3/t13-/m0/s1. The van der Waals surface area contributed by atoms with Crippen LogP contribution in [0.5, 0.6) is 0 Å². The number of ether oxygens (including phenoxy) is 1. The Morgan fingerprint density at radius 2 is 2.08 bits per heavy atom. The van der Waals surface area contributed by atoms with Gasteiger partial charge in [-0.05, 0) is 50.1 Å². The first-order valence-electron chi connectivity index (χ1n) is 8.60. The van der Waals surface area contributed by atoms with E-state index in [-0.39, 0.29) is 23.5 Å². The van der Waals surface area contributed by atoms with E-state index in [0.717, 1.165) is 43.7 Å². The van der Waals surface area contributed by atoms with Gasteiger partial charge in [0.05, 0.1) is 16.6 Å². The molecule has 2 aliphatic heterocycles. The molecule has 2 heterocycles. The topological polar surface area (TPSA) is 75.7 Å². The average molecular weight is 385 g/mol. The first-order valence-corrected chi connectivity index (χ1v) is 11.3. The number of amides is 1. The third-order valence-electron chi connectivity index (χ3n) is 4.63. The summed E-state index contributed by atoms with van der Waals surface area (Å²) in [5, 5.41) is 0. The van der Waals surface area contributed by atoms with Gasteiger partial charge in [-0.15, -0.1) is 11.8 Å². The van der Waals surface area contributed by atoms with Crippen LogP contribution in [0.1, 0.15) is 36.0 Å². The second-order valence-electron chi connectivity index (χ2n) is 6.35. The SMILES string of the molecule is CSc1ccc(S(=O)(=O)NC[C@@H]2CCCO2)cc1C(=O)N1CCCC1. The molecular formula is C17H24N2O4S2. The number of benzene rings is 1. The van der Waals surface area contributed by atoms with E-state index in [1.807, 2.05) is 6.26 Å². The van der Waals surface area contributed by atoms with Gasteiger partial charge >= 0.3 is 0 Å². The van der Waals surface area contributed by atoms with Crippen molar-refractivity contribution in [3.05, 3.63) is 23.8 Å². The zero-order chi connectivity index (χ0) is 17.9. The number of thioether (sulfide) groups is 1. The highest BCUT2D eigenvalue weighted by molar-refractivity contribution is 7.98. The van der Waals surface area contributed by atoms with Crippen LogP contribution >= 0.6 is 11.8 Å². The van der Waals surface area contributed by atoms with Gasteiger partial charge in [0, 0.05) is 31.1 Å². The van der Waals surface area contributed by atoms with Crippen molar-refractivity contribution in [3.63, 3.8) is 0 Å². The van der Waals surface area contributed by atoms with Gasteiger partial charge < -0.3 is 9.64 Å². The largest absolute Gasteiger partial charge is 0.377 e. The highest BCUT2D eigenvalue weighted by atomic mass is 32.2. The van der Waals surface area contributed by atoms with E-state index in [1.165, 1.54) is 17.8 Å². The van der Waals surface area contributed by atoms with Crippen LogP contribution < -0.4 is 4.72 Å². The Bertz CT molecular complexity index is 724. The molecule has 1 N–H and O–H groups in total. The van der Waals surface area contributed by atoms with Crippen molar-refractivity contribution >= 4 is 27.7 Å². The number of sulfonamides is 1. The van der Waals surface area contributed by atoms with E-state index in [9.17, 15) is 13.2 Å². The fourth-order valence-electron chi connectivity index (χ4n) is 3.20. The van der Waals surface area contributed by atoms with Crippen LogP contribution in [0.2, 0.25) is 0 Å². The first-order chi connectivity index (χ1) is 12.0. The van der Waals surface area contributed by atoms with Crippen LogP contribution in [-0.4, -0.2) is 57.8 Å². The van der Waals surface area contributed by atoms with Crippen molar-refractivity contribution in [3.8, 4) is 0 Å². The molecule has 6 nitrogen and oxygen atoms in total. The summed E-state index contributed by atoms with van der Waals surface area (Å²) in [6.07, 6.45) is 5.66. The Hall–Kier alpha value is -1.09. The summed E-state index contributed by atoms with van der Waals surface area (Å²) in [4.78, 5) is 15.5. The molecule has 1 aromatic rings. The van der Waals surface area contributed by atoms with Gasteiger partial charge in [0.15, 0.2) is 0 Å². The quantitative estimate of drug-likeness (QED) is 0.760. The fraction of sp³-hybridized carbons (Fsp3) is 0.588. The van der Waals surface area contributed by atoms with E-state index in [0.29, 0.717) is 12.2 Å². The molecule has 0 spiro atoms. The number of hydrogen-bond acceptors (Lipinski definition) is 5. The number of nitrogens with zero attached hydrogens (tertiary/aromatic N) is 1. The zero-order valence-corrected chi connectivity index (χ0v) is 16.0. The average Bonchev–Trinajstić information content (AvgIpc) is 3.32. The summed E-state index contributed by atoms with van der Waals surface area (Å²) in [5.41, 5.74) is 0.467. The molecule has 3 rings (SSSR count). The Balaban J connectivity index is 1.80. The second-order valence-corrected chi connectivity index (χ2v) is 8.96. The lowest BCUT2D eigenvalue weighted by Gasteiger charge is -2.18. The number of nitrogens with one attached hydrogen (secondary N) is 1. The maximum Gasteiger partial charge on any atom is 0.255 e. The summed E-state index contributed by atoms with van der Waals surface area (Å²) in [7, 11) is -3.66. The third-order valence-corrected chi connectivity index (χ3v) is 6.85. The normalized spacial score (nSPS) is 21.0. The summed E-state index contributed by atoms with van der Waals surface area (Å²) in [6, 6.07) is 4.78. The molecule has 0 radical (unpaired) electrons. The van der Waals surface area contributed by atoms with Crippen molar-refractivity contribution in [1.82, 2.24) is 9.62 Å². The number of hydrogen-bond donors (Lipinski definition) is 1. The predicted octanol–water partition coefficient (Wildman–Crippen LogP) is 2.10. The molecule has 138 valence electrons. The zero-order valence-electron chi connectivity index (χ0n) is 14.4. The Kier molecular flexibility index (Phi) is 6.04. The lowest BCUT2D eigenvalue weighted by atomic mass is 10.2. The Labute approximate surface area is 153 Å². The van der Waals surface area contributed by atoms with Gasteiger partial charge in [-0.3, -0.25) is 4.79 Å². The number of carbonyl (C=O) groups excluding carboxylic acids is 1. The highest BCUT2D eigenvalue weighted by Crippen LogP contribution is 2.26. The van der Waals surface area contributed by atoms with Crippen molar-refractivity contribution in [2.75, 3.05) is 32.5 Å². The molecule has 0 unspecified atom stereocenters. The molecule has 0 saturated carbocycles. The molecule has 0 aromatic heterocycles. The predicted molar refractivity (Wildman–Crippen MR) is 97.5 cm³/mol. The fourth-order valence-corrected chi connectivity index (χ4v) is 4.87. The molecule has 8 heteroatoms. The summed E-state index contributed by atoms with van der Waals surface area (Å²) in [6.45, 7) is 2.42. The van der Waals surface area contributed by atoms with Crippen LogP contribution in [0.4, 0.5) is 0 Å². The minimum atomic E-state index is -3.66. The van der Waals surface area contributed by atoms with E-state index >= 15 is 0 Å². The van der Waals surface area contributed by atoms with Crippen molar-refractivity contribution in [1.29, 1.82) is 0 Å². The van der Waals surface area contributed by atoms with Crippen LogP contribution in [0.15, 0.2) is 28.0 Å². The smallest absolute Gasteiger partial charge is 0.255 e. The summed E-state index contributed by atoms with van der Waals surface area (Å²) < 4.78 is 33.2. The number of rotatable bonds is 6. The number of likely N-dealkylation sites (tertiary alicyclic amines) is 1. The van der Waals surface area contributed by atoms with Crippen molar-refractivity contribution < 1.29 is 17.9 Å². The Morgan fingerprint density at radius 1 is 1.32 bits per heavy atom. The molecule has 2 aliphatic rings. The molecule has 1 aromatic carbocycles. The number of carbonyl (C=O) groups is 1. The maximum atomic E-state index is 12.8. The molecule has 1 atom stereocenters. The van der Waals surface area contributed by atoms with E-state index < -0.39 is 10.0 Å². The van der Waals surface area contributed by atoms with E-state index in [1.54, 1.807) is 17.0 Å². The van der Waals surface area contributed by atoms with E-state index in [2.05, 4.69) is 4.72 Å². The maximum absolute atomic E-state index is 12.8. The van der Waals surface area contributed by atoms with Gasteiger partial charge in [-0.1, -0.05) is 0 Å². The minimum absolute atomic E-state index is 0.0639. The van der Waals surface area contributed by atoms with Gasteiger partial charge in [0.25, 0.3) is 5.91 Å². The molecule has 2 saturated heterocycles. The van der Waals surface area contributed by atoms with Crippen molar-refractivity contribution in [2.45, 2.75) is 41.6 Å². The minimum Gasteiger partial charge on any atom is -0.377 e. The monoisotopic (exact) mass is 384 g/mol. The molecule has 0 aliphatic carbocycles.